The van der Waals surface area contributed by atoms with Gasteiger partial charge in [-0.15, -0.1) is 23.1 Å². The van der Waals surface area contributed by atoms with Crippen LogP contribution in [0.1, 0.15) is 29.1 Å². The zero-order valence-electron chi connectivity index (χ0n) is 11.8. The van der Waals surface area contributed by atoms with Crippen molar-refractivity contribution in [2.24, 2.45) is 0 Å². The molecule has 1 aromatic heterocycles. The first-order valence-electron chi connectivity index (χ1n) is 6.32. The number of nitrogens with zero attached hydrogens (tertiary/aromatic N) is 1. The second kappa shape index (κ2) is 7.05. The molecule has 0 saturated heterocycles. The van der Waals surface area contributed by atoms with Gasteiger partial charge in [-0.05, 0) is 24.3 Å². The van der Waals surface area contributed by atoms with Crippen LogP contribution in [0.15, 0.2) is 28.5 Å². The van der Waals surface area contributed by atoms with E-state index in [1.807, 2.05) is 13.8 Å². The van der Waals surface area contributed by atoms with Crippen molar-refractivity contribution in [2.75, 3.05) is 0 Å². The van der Waals surface area contributed by atoms with Gasteiger partial charge in [-0.3, -0.25) is 0 Å². The van der Waals surface area contributed by atoms with Crippen molar-refractivity contribution in [3.63, 3.8) is 0 Å². The van der Waals surface area contributed by atoms with E-state index >= 15 is 0 Å². The largest absolute Gasteiger partial charge is 0.477 e. The molecule has 0 bridgehead atoms. The molecule has 0 atom stereocenters. The summed E-state index contributed by atoms with van der Waals surface area (Å²) >= 11 is 8.32. The highest BCUT2D eigenvalue weighted by Crippen LogP contribution is 2.44. The Balaban J connectivity index is 2.47. The molecular formula is C15H12ClNO3S2. The summed E-state index contributed by atoms with van der Waals surface area (Å²) in [4.78, 5) is 11.4. The molecular weight excluding hydrogens is 342 g/mol. The average molecular weight is 354 g/mol. The van der Waals surface area contributed by atoms with Crippen LogP contribution >= 0.6 is 34.7 Å². The maximum Gasteiger partial charge on any atom is 0.349 e. The van der Waals surface area contributed by atoms with E-state index in [1.165, 1.54) is 11.8 Å². The van der Waals surface area contributed by atoms with Crippen LogP contribution in [0.3, 0.4) is 0 Å². The van der Waals surface area contributed by atoms with Gasteiger partial charge in [-0.1, -0.05) is 25.4 Å². The van der Waals surface area contributed by atoms with E-state index in [9.17, 15) is 15.2 Å². The van der Waals surface area contributed by atoms with E-state index in [-0.39, 0.29) is 21.4 Å². The summed E-state index contributed by atoms with van der Waals surface area (Å²) in [6.07, 6.45) is 0. The molecule has 114 valence electrons. The molecule has 0 aliphatic carbocycles. The van der Waals surface area contributed by atoms with Crippen molar-refractivity contribution in [1.82, 2.24) is 0 Å². The summed E-state index contributed by atoms with van der Waals surface area (Å²) < 4.78 is 6.30. The average Bonchev–Trinajstić information content (AvgIpc) is 2.78. The van der Waals surface area contributed by atoms with Crippen LogP contribution in [-0.2, 0) is 0 Å². The molecule has 0 aliphatic heterocycles. The first kappa shape index (κ1) is 16.7. The maximum absolute atomic E-state index is 11.4. The Morgan fingerprint density at radius 2 is 2.05 bits per heavy atom. The zero-order valence-corrected chi connectivity index (χ0v) is 14.2. The van der Waals surface area contributed by atoms with Crippen LogP contribution in [0.5, 0.6) is 11.5 Å². The fourth-order valence-corrected chi connectivity index (χ4v) is 4.23. The smallest absolute Gasteiger partial charge is 0.349 e. The topological polar surface area (TPSA) is 70.3 Å². The maximum atomic E-state index is 11.4. The number of hydrogen-bond donors (Lipinski definition) is 1. The van der Waals surface area contributed by atoms with Crippen molar-refractivity contribution in [3.05, 3.63) is 39.7 Å². The monoisotopic (exact) mass is 353 g/mol. The van der Waals surface area contributed by atoms with Crippen LogP contribution in [0.2, 0.25) is 5.02 Å². The number of nitriles is 1. The van der Waals surface area contributed by atoms with Crippen molar-refractivity contribution in [3.8, 4) is 17.6 Å². The highest BCUT2D eigenvalue weighted by atomic mass is 35.5. The number of benzene rings is 1. The number of thiophene rings is 1. The van der Waals surface area contributed by atoms with Gasteiger partial charge < -0.3 is 9.84 Å². The minimum atomic E-state index is -1.11. The standard InChI is InChI=1S/C15H12ClNO3S2/c1-8(2)21-15-11(7-17)12(13(22-15)14(18)19)20-10-5-3-9(16)4-6-10/h3-6,8H,1-2H3,(H,18,19). The fraction of sp³-hybridized carbons (Fsp3) is 0.200. The van der Waals surface area contributed by atoms with Crippen molar-refractivity contribution in [1.29, 1.82) is 5.26 Å². The van der Waals surface area contributed by atoms with Crippen molar-refractivity contribution in [2.45, 2.75) is 23.3 Å². The lowest BCUT2D eigenvalue weighted by Crippen LogP contribution is -1.96. The predicted molar refractivity (Wildman–Crippen MR) is 88.5 cm³/mol. The first-order chi connectivity index (χ1) is 10.4. The Morgan fingerprint density at radius 1 is 1.41 bits per heavy atom. The van der Waals surface area contributed by atoms with Gasteiger partial charge in [0.05, 0.1) is 4.21 Å². The summed E-state index contributed by atoms with van der Waals surface area (Å²) in [5.41, 5.74) is 0.260. The highest BCUT2D eigenvalue weighted by Gasteiger charge is 2.25. The number of thioether (sulfide) groups is 1. The van der Waals surface area contributed by atoms with Gasteiger partial charge in [0, 0.05) is 10.3 Å². The van der Waals surface area contributed by atoms with Gasteiger partial charge in [0.25, 0.3) is 0 Å². The Hall–Kier alpha value is -1.68. The molecule has 0 fully saturated rings. The number of carboxylic acid groups (broad SMARTS) is 1. The van der Waals surface area contributed by atoms with Crippen molar-refractivity contribution < 1.29 is 14.6 Å². The molecule has 2 rings (SSSR count). The van der Waals surface area contributed by atoms with Gasteiger partial charge in [-0.25, -0.2) is 4.79 Å². The lowest BCUT2D eigenvalue weighted by atomic mass is 10.3. The molecule has 1 N–H and O–H groups in total. The third kappa shape index (κ3) is 3.74. The quantitative estimate of drug-likeness (QED) is 0.742. The van der Waals surface area contributed by atoms with Crippen LogP contribution in [0.25, 0.3) is 0 Å². The fourth-order valence-electron chi connectivity index (χ4n) is 1.65. The lowest BCUT2D eigenvalue weighted by molar-refractivity contribution is 0.0699. The normalized spacial score (nSPS) is 10.5. The molecule has 0 radical (unpaired) electrons. The third-order valence-corrected chi connectivity index (χ3v) is 5.15. The minimum absolute atomic E-state index is 0.0228. The van der Waals surface area contributed by atoms with Gasteiger partial charge in [-0.2, -0.15) is 5.26 Å². The lowest BCUT2D eigenvalue weighted by Gasteiger charge is -2.06. The number of hydrogen-bond acceptors (Lipinski definition) is 5. The van der Waals surface area contributed by atoms with Gasteiger partial charge in [0.2, 0.25) is 0 Å². The van der Waals surface area contributed by atoms with Crippen LogP contribution in [0, 0.1) is 11.3 Å². The van der Waals surface area contributed by atoms with E-state index in [0.29, 0.717) is 15.0 Å². The third-order valence-electron chi connectivity index (χ3n) is 2.51. The second-order valence-corrected chi connectivity index (χ2v) is 7.86. The Morgan fingerprint density at radius 3 is 2.55 bits per heavy atom. The van der Waals surface area contributed by atoms with E-state index < -0.39 is 5.97 Å². The molecule has 1 heterocycles. The van der Waals surface area contributed by atoms with Crippen LogP contribution < -0.4 is 4.74 Å². The summed E-state index contributed by atoms with van der Waals surface area (Å²) in [7, 11) is 0. The summed E-state index contributed by atoms with van der Waals surface area (Å²) in [6.45, 7) is 3.96. The van der Waals surface area contributed by atoms with Gasteiger partial charge in [0.1, 0.15) is 17.4 Å². The summed E-state index contributed by atoms with van der Waals surface area (Å²) in [6, 6.07) is 8.58. The molecule has 7 heteroatoms. The molecule has 0 spiro atoms. The predicted octanol–water partition coefficient (Wildman–Crippen LogP) is 5.26. The Labute approximate surface area is 141 Å². The van der Waals surface area contributed by atoms with Gasteiger partial charge >= 0.3 is 5.97 Å². The Bertz CT molecular complexity index is 732. The number of carbonyl (C=O) groups is 1. The van der Waals surface area contributed by atoms with Gasteiger partial charge in [0.15, 0.2) is 10.6 Å². The molecule has 0 amide bonds. The molecule has 0 unspecified atom stereocenters. The number of halogens is 1. The molecule has 0 aliphatic rings. The molecule has 1 aromatic carbocycles. The van der Waals surface area contributed by atoms with Crippen LogP contribution in [0.4, 0.5) is 0 Å². The van der Waals surface area contributed by atoms with E-state index in [1.54, 1.807) is 24.3 Å². The SMILES string of the molecule is CC(C)Sc1sc(C(=O)O)c(Oc2ccc(Cl)cc2)c1C#N. The first-order valence-corrected chi connectivity index (χ1v) is 8.40. The number of aromatic carboxylic acids is 1. The van der Waals surface area contributed by atoms with E-state index in [2.05, 4.69) is 6.07 Å². The zero-order chi connectivity index (χ0) is 16.3. The second-order valence-electron chi connectivity index (χ2n) is 4.56. The van der Waals surface area contributed by atoms with Crippen LogP contribution in [-0.4, -0.2) is 16.3 Å². The summed E-state index contributed by atoms with van der Waals surface area (Å²) in [5.74, 6) is -0.589. The summed E-state index contributed by atoms with van der Waals surface area (Å²) in [5, 5.41) is 19.5. The number of ether oxygens (including phenoxy) is 1. The molecule has 2 aromatic rings. The van der Waals surface area contributed by atoms with Crippen molar-refractivity contribution >= 4 is 40.7 Å². The highest BCUT2D eigenvalue weighted by molar-refractivity contribution is 8.01. The molecule has 22 heavy (non-hydrogen) atoms. The van der Waals surface area contributed by atoms with E-state index in [0.717, 1.165) is 11.3 Å². The Kier molecular flexibility index (Phi) is 5.35. The number of carboxylic acids is 1. The van der Waals surface area contributed by atoms with E-state index in [4.69, 9.17) is 16.3 Å². The number of rotatable bonds is 5. The molecule has 0 saturated carbocycles. The minimum Gasteiger partial charge on any atom is -0.477 e. The molecule has 4 nitrogen and oxygen atoms in total.